The van der Waals surface area contributed by atoms with Gasteiger partial charge in [0.25, 0.3) is 0 Å². The molecule has 5 heteroatoms. The SMILES string of the molecule is CC(=O)Oc1cccc2c1CC(C[Se]c1ccccc1)C(=O)O2. The van der Waals surface area contributed by atoms with Crippen molar-refractivity contribution < 1.29 is 19.1 Å². The topological polar surface area (TPSA) is 52.6 Å². The fourth-order valence-corrected chi connectivity index (χ4v) is 4.55. The van der Waals surface area contributed by atoms with Crippen LogP contribution in [0.1, 0.15) is 12.5 Å². The van der Waals surface area contributed by atoms with Crippen LogP contribution in [0.4, 0.5) is 0 Å². The van der Waals surface area contributed by atoms with Crippen LogP contribution in [0.25, 0.3) is 0 Å². The number of esters is 2. The van der Waals surface area contributed by atoms with E-state index >= 15 is 0 Å². The first-order chi connectivity index (χ1) is 11.1. The molecule has 1 atom stereocenters. The summed E-state index contributed by atoms with van der Waals surface area (Å²) in [6.07, 6.45) is 0.548. The van der Waals surface area contributed by atoms with Crippen LogP contribution in [0.5, 0.6) is 11.5 Å². The van der Waals surface area contributed by atoms with E-state index in [0.717, 1.165) is 10.9 Å². The molecule has 1 unspecified atom stereocenters. The summed E-state index contributed by atoms with van der Waals surface area (Å²) in [7, 11) is 0. The number of rotatable bonds is 4. The molecule has 0 spiro atoms. The fraction of sp³-hybridized carbons (Fsp3) is 0.222. The molecule has 0 amide bonds. The molecule has 0 fully saturated rings. The van der Waals surface area contributed by atoms with Crippen LogP contribution in [0.2, 0.25) is 5.32 Å². The molecule has 0 saturated carbocycles. The van der Waals surface area contributed by atoms with Crippen molar-refractivity contribution in [2.75, 3.05) is 0 Å². The third-order valence-electron chi connectivity index (χ3n) is 3.53. The van der Waals surface area contributed by atoms with Crippen molar-refractivity contribution in [1.82, 2.24) is 0 Å². The molecule has 2 aromatic rings. The molecular weight excluding hydrogens is 359 g/mol. The van der Waals surface area contributed by atoms with Gasteiger partial charge in [-0.05, 0) is 0 Å². The van der Waals surface area contributed by atoms with Crippen molar-refractivity contribution in [1.29, 1.82) is 0 Å². The summed E-state index contributed by atoms with van der Waals surface area (Å²) in [5, 5.41) is 0.768. The van der Waals surface area contributed by atoms with E-state index in [4.69, 9.17) is 9.47 Å². The van der Waals surface area contributed by atoms with E-state index in [9.17, 15) is 9.59 Å². The molecule has 23 heavy (non-hydrogen) atoms. The molecule has 0 saturated heterocycles. The van der Waals surface area contributed by atoms with Gasteiger partial charge in [-0.15, -0.1) is 0 Å². The molecule has 0 bridgehead atoms. The summed E-state index contributed by atoms with van der Waals surface area (Å²) in [5.41, 5.74) is 0.802. The number of carbonyl (C=O) groups is 2. The zero-order chi connectivity index (χ0) is 16.2. The maximum atomic E-state index is 12.2. The maximum absolute atomic E-state index is 12.2. The Kier molecular flexibility index (Phi) is 4.79. The average Bonchev–Trinajstić information content (AvgIpc) is 2.54. The van der Waals surface area contributed by atoms with Crippen molar-refractivity contribution in [2.45, 2.75) is 18.7 Å². The first-order valence-corrected chi connectivity index (χ1v) is 9.40. The Hall–Kier alpha value is -2.10. The Labute approximate surface area is 141 Å². The van der Waals surface area contributed by atoms with Crippen LogP contribution in [0.3, 0.4) is 0 Å². The van der Waals surface area contributed by atoms with E-state index in [0.29, 0.717) is 17.9 Å². The molecule has 1 aliphatic heterocycles. The summed E-state index contributed by atoms with van der Waals surface area (Å²) in [6.45, 7) is 1.37. The minimum absolute atomic E-state index is 0.195. The molecule has 0 radical (unpaired) electrons. The van der Waals surface area contributed by atoms with Gasteiger partial charge in [0.2, 0.25) is 0 Å². The van der Waals surface area contributed by atoms with Gasteiger partial charge in [-0.2, -0.15) is 0 Å². The van der Waals surface area contributed by atoms with Gasteiger partial charge in [-0.25, -0.2) is 0 Å². The first kappa shape index (κ1) is 15.8. The Morgan fingerprint density at radius 3 is 2.74 bits per heavy atom. The summed E-state index contributed by atoms with van der Waals surface area (Å²) in [5.74, 6) is 0.215. The van der Waals surface area contributed by atoms with Gasteiger partial charge in [0.05, 0.1) is 0 Å². The van der Waals surface area contributed by atoms with Gasteiger partial charge in [-0.1, -0.05) is 0 Å². The van der Waals surface area contributed by atoms with Crippen molar-refractivity contribution in [2.24, 2.45) is 5.92 Å². The first-order valence-electron chi connectivity index (χ1n) is 7.33. The molecular formula is C18H16O4Se. The molecule has 2 aromatic carbocycles. The number of benzene rings is 2. The minimum atomic E-state index is -0.375. The van der Waals surface area contributed by atoms with Gasteiger partial charge in [0, 0.05) is 0 Å². The van der Waals surface area contributed by atoms with Gasteiger partial charge < -0.3 is 0 Å². The van der Waals surface area contributed by atoms with Crippen molar-refractivity contribution in [3.8, 4) is 11.5 Å². The van der Waals surface area contributed by atoms with Crippen molar-refractivity contribution in [3.05, 3.63) is 54.1 Å². The molecule has 4 nitrogen and oxygen atoms in total. The summed E-state index contributed by atoms with van der Waals surface area (Å²) < 4.78 is 11.9. The van der Waals surface area contributed by atoms with Gasteiger partial charge in [0.1, 0.15) is 0 Å². The Morgan fingerprint density at radius 1 is 1.22 bits per heavy atom. The zero-order valence-electron chi connectivity index (χ0n) is 12.7. The third-order valence-corrected chi connectivity index (χ3v) is 6.00. The summed E-state index contributed by atoms with van der Waals surface area (Å²) in [6, 6.07) is 15.3. The second-order valence-corrected chi connectivity index (χ2v) is 7.57. The fourth-order valence-electron chi connectivity index (χ4n) is 2.45. The number of ether oxygens (including phenoxy) is 2. The van der Waals surface area contributed by atoms with Crippen molar-refractivity contribution >= 4 is 31.4 Å². The molecule has 118 valence electrons. The van der Waals surface area contributed by atoms with E-state index in [1.54, 1.807) is 18.2 Å². The molecule has 0 N–H and O–H groups in total. The van der Waals surface area contributed by atoms with Crippen LogP contribution in [-0.4, -0.2) is 26.9 Å². The van der Waals surface area contributed by atoms with Crippen LogP contribution in [0.15, 0.2) is 48.5 Å². The monoisotopic (exact) mass is 376 g/mol. The Bertz CT molecular complexity index is 727. The quantitative estimate of drug-likeness (QED) is 0.467. The number of fused-ring (bicyclic) bond motifs is 1. The van der Waals surface area contributed by atoms with Gasteiger partial charge in [0.15, 0.2) is 0 Å². The Morgan fingerprint density at radius 2 is 2.00 bits per heavy atom. The molecule has 1 aliphatic rings. The molecule has 1 heterocycles. The van der Waals surface area contributed by atoms with Crippen LogP contribution in [-0.2, 0) is 16.0 Å². The number of hydrogen-bond acceptors (Lipinski definition) is 4. The normalized spacial score (nSPS) is 16.4. The molecule has 0 aromatic heterocycles. The van der Waals surface area contributed by atoms with E-state index in [-0.39, 0.29) is 32.8 Å². The second-order valence-electron chi connectivity index (χ2n) is 5.27. The Balaban J connectivity index is 1.76. The number of carbonyl (C=O) groups excluding carboxylic acids is 2. The molecule has 3 rings (SSSR count). The van der Waals surface area contributed by atoms with Crippen LogP contribution in [0, 0.1) is 5.92 Å². The van der Waals surface area contributed by atoms with Crippen LogP contribution < -0.4 is 13.9 Å². The second kappa shape index (κ2) is 6.99. The van der Waals surface area contributed by atoms with E-state index < -0.39 is 0 Å². The predicted octanol–water partition coefficient (Wildman–Crippen LogP) is 2.14. The van der Waals surface area contributed by atoms with E-state index in [2.05, 4.69) is 12.1 Å². The van der Waals surface area contributed by atoms with Crippen LogP contribution >= 0.6 is 0 Å². The summed E-state index contributed by atoms with van der Waals surface area (Å²) >= 11 is 0.207. The predicted molar refractivity (Wildman–Crippen MR) is 87.2 cm³/mol. The van der Waals surface area contributed by atoms with E-state index in [1.807, 2.05) is 18.2 Å². The van der Waals surface area contributed by atoms with E-state index in [1.165, 1.54) is 11.4 Å². The standard InChI is InChI=1S/C18H16O4Se/c1-12(19)21-16-8-5-9-17-15(16)10-13(18(20)22-17)11-23-14-6-3-2-4-7-14/h2-9,13H,10-11H2,1H3. The third kappa shape index (κ3) is 3.81. The van der Waals surface area contributed by atoms with Gasteiger partial charge in [-0.3, -0.25) is 0 Å². The number of hydrogen-bond donors (Lipinski definition) is 0. The van der Waals surface area contributed by atoms with Crippen molar-refractivity contribution in [3.63, 3.8) is 0 Å². The van der Waals surface area contributed by atoms with Gasteiger partial charge >= 0.3 is 141 Å². The molecule has 0 aliphatic carbocycles. The summed E-state index contributed by atoms with van der Waals surface area (Å²) in [4.78, 5) is 23.4. The average molecular weight is 375 g/mol. The zero-order valence-corrected chi connectivity index (χ0v) is 14.4.